The summed E-state index contributed by atoms with van der Waals surface area (Å²) < 4.78 is 20.7. The van der Waals surface area contributed by atoms with Gasteiger partial charge >= 0.3 is 5.97 Å². The van der Waals surface area contributed by atoms with Crippen molar-refractivity contribution in [3.05, 3.63) is 23.8 Å². The first-order valence-corrected chi connectivity index (χ1v) is 7.42. The van der Waals surface area contributed by atoms with Crippen LogP contribution in [0.1, 0.15) is 23.7 Å². The number of ether oxygens (including phenoxy) is 4. The number of rotatable bonds is 11. The van der Waals surface area contributed by atoms with Crippen LogP contribution in [0.2, 0.25) is 0 Å². The van der Waals surface area contributed by atoms with Gasteiger partial charge in [0.05, 0.1) is 26.9 Å². The zero-order chi connectivity index (χ0) is 17.9. The average molecular weight is 342 g/mol. The van der Waals surface area contributed by atoms with Crippen molar-refractivity contribution in [1.29, 1.82) is 0 Å². The molecule has 1 aromatic carbocycles. The Balaban J connectivity index is 2.89. The number of esters is 1. The molecule has 0 saturated heterocycles. The van der Waals surface area contributed by atoms with E-state index in [4.69, 9.17) is 24.1 Å². The lowest BCUT2D eigenvalue weighted by Crippen LogP contribution is -2.35. The maximum Gasteiger partial charge on any atom is 0.376 e. The highest BCUT2D eigenvalue weighted by molar-refractivity contribution is 5.77. The lowest BCUT2D eigenvalue weighted by molar-refractivity contribution is -0.182. The van der Waals surface area contributed by atoms with E-state index in [1.165, 1.54) is 25.3 Å². The van der Waals surface area contributed by atoms with Gasteiger partial charge in [0.2, 0.25) is 0 Å². The molecule has 24 heavy (non-hydrogen) atoms. The number of carbonyl (C=O) groups excluding carboxylic acids is 2. The molecule has 0 radical (unpaired) electrons. The minimum absolute atomic E-state index is 0.167. The van der Waals surface area contributed by atoms with Gasteiger partial charge in [-0.2, -0.15) is 0 Å². The molecule has 1 aromatic rings. The Morgan fingerprint density at radius 2 is 2.08 bits per heavy atom. The lowest BCUT2D eigenvalue weighted by atomic mass is 10.2. The molecule has 2 atom stereocenters. The van der Waals surface area contributed by atoms with E-state index in [0.717, 1.165) is 0 Å². The van der Waals surface area contributed by atoms with Crippen LogP contribution in [0.25, 0.3) is 0 Å². The molecular formula is C16H22O8. The van der Waals surface area contributed by atoms with Gasteiger partial charge in [0.15, 0.2) is 11.5 Å². The fourth-order valence-electron chi connectivity index (χ4n) is 1.64. The maximum atomic E-state index is 12.0. The third kappa shape index (κ3) is 6.15. The standard InChI is InChI=1S/C16H22O8/c1-3-6-22-15(20)16(23-10-12(19)9-18)24-13-5-4-11(8-17)7-14(13)21-2/h4-5,7-8,12,16,18-19H,3,6,9-10H2,1-2H3. The molecule has 0 aliphatic rings. The van der Waals surface area contributed by atoms with Crippen LogP contribution in [0, 0.1) is 0 Å². The van der Waals surface area contributed by atoms with E-state index in [2.05, 4.69) is 0 Å². The number of aliphatic hydroxyl groups excluding tert-OH is 2. The monoisotopic (exact) mass is 342 g/mol. The Kier molecular flexibility index (Phi) is 8.77. The summed E-state index contributed by atoms with van der Waals surface area (Å²) in [4.78, 5) is 22.8. The SMILES string of the molecule is CCCOC(=O)C(OCC(O)CO)Oc1ccc(C=O)cc1OC. The maximum absolute atomic E-state index is 12.0. The van der Waals surface area contributed by atoms with Gasteiger partial charge in [-0.1, -0.05) is 6.92 Å². The van der Waals surface area contributed by atoms with Crippen molar-refractivity contribution >= 4 is 12.3 Å². The number of aldehydes is 1. The fraction of sp³-hybridized carbons (Fsp3) is 0.500. The highest BCUT2D eigenvalue weighted by atomic mass is 16.7. The molecule has 8 heteroatoms. The summed E-state index contributed by atoms with van der Waals surface area (Å²) in [6.07, 6.45) is -1.34. The summed E-state index contributed by atoms with van der Waals surface area (Å²) in [6.45, 7) is 1.18. The van der Waals surface area contributed by atoms with E-state index in [0.29, 0.717) is 18.3 Å². The summed E-state index contributed by atoms with van der Waals surface area (Å²) in [7, 11) is 1.39. The van der Waals surface area contributed by atoms with E-state index in [-0.39, 0.29) is 24.7 Å². The second-order valence-corrected chi connectivity index (χ2v) is 4.82. The summed E-state index contributed by atoms with van der Waals surface area (Å²) in [5.74, 6) is -0.372. The Labute approximate surface area is 139 Å². The van der Waals surface area contributed by atoms with E-state index >= 15 is 0 Å². The van der Waals surface area contributed by atoms with E-state index in [1.807, 2.05) is 6.92 Å². The van der Waals surface area contributed by atoms with Gasteiger partial charge in [0.25, 0.3) is 6.29 Å². The molecule has 2 N–H and O–H groups in total. The Morgan fingerprint density at radius 3 is 2.67 bits per heavy atom. The first-order chi connectivity index (χ1) is 11.5. The van der Waals surface area contributed by atoms with E-state index < -0.39 is 25.0 Å². The van der Waals surface area contributed by atoms with Crippen LogP contribution in [0.4, 0.5) is 0 Å². The normalized spacial score (nSPS) is 13.0. The smallest absolute Gasteiger partial charge is 0.376 e. The lowest BCUT2D eigenvalue weighted by Gasteiger charge is -2.20. The first-order valence-electron chi connectivity index (χ1n) is 7.42. The second kappa shape index (κ2) is 10.6. The number of hydrogen-bond donors (Lipinski definition) is 2. The minimum atomic E-state index is -1.45. The van der Waals surface area contributed by atoms with E-state index in [1.54, 1.807) is 0 Å². The highest BCUT2D eigenvalue weighted by Crippen LogP contribution is 2.29. The number of carbonyl (C=O) groups is 2. The molecule has 1 rings (SSSR count). The predicted molar refractivity (Wildman–Crippen MR) is 83.1 cm³/mol. The number of hydrogen-bond acceptors (Lipinski definition) is 8. The Hall–Kier alpha value is -2.16. The third-order valence-electron chi connectivity index (χ3n) is 2.85. The molecule has 134 valence electrons. The van der Waals surface area contributed by atoms with Gasteiger partial charge in [-0.25, -0.2) is 4.79 Å². The molecule has 0 amide bonds. The van der Waals surface area contributed by atoms with Gasteiger partial charge < -0.3 is 29.2 Å². The number of benzene rings is 1. The zero-order valence-corrected chi connectivity index (χ0v) is 13.6. The quantitative estimate of drug-likeness (QED) is 0.340. The largest absolute Gasteiger partial charge is 0.493 e. The molecule has 0 bridgehead atoms. The van der Waals surface area contributed by atoms with Crippen LogP contribution in [0.15, 0.2) is 18.2 Å². The molecule has 8 nitrogen and oxygen atoms in total. The van der Waals surface area contributed by atoms with Crippen LogP contribution in [0.5, 0.6) is 11.5 Å². The van der Waals surface area contributed by atoms with Crippen LogP contribution in [-0.2, 0) is 14.3 Å². The average Bonchev–Trinajstić information content (AvgIpc) is 2.62. The summed E-state index contributed by atoms with van der Waals surface area (Å²) in [6, 6.07) is 4.38. The molecule has 0 spiro atoms. The van der Waals surface area contributed by atoms with Gasteiger partial charge in [-0.05, 0) is 24.6 Å². The van der Waals surface area contributed by atoms with Gasteiger partial charge in [0.1, 0.15) is 12.4 Å². The molecule has 0 aromatic heterocycles. The van der Waals surface area contributed by atoms with Crippen molar-refractivity contribution in [3.8, 4) is 11.5 Å². The van der Waals surface area contributed by atoms with Gasteiger partial charge in [-0.15, -0.1) is 0 Å². The van der Waals surface area contributed by atoms with Crippen molar-refractivity contribution in [2.24, 2.45) is 0 Å². The van der Waals surface area contributed by atoms with E-state index in [9.17, 15) is 14.7 Å². The number of aliphatic hydroxyl groups is 2. The topological polar surface area (TPSA) is 112 Å². The van der Waals surface area contributed by atoms with Crippen molar-refractivity contribution in [3.63, 3.8) is 0 Å². The van der Waals surface area contributed by atoms with Crippen LogP contribution in [0.3, 0.4) is 0 Å². The van der Waals surface area contributed by atoms with Crippen molar-refractivity contribution < 1.29 is 38.7 Å². The summed E-state index contributed by atoms with van der Waals surface area (Å²) in [5, 5.41) is 18.2. The number of methoxy groups -OCH3 is 1. The second-order valence-electron chi connectivity index (χ2n) is 4.82. The first kappa shape index (κ1) is 19.9. The molecule has 0 aliphatic heterocycles. The van der Waals surface area contributed by atoms with Gasteiger partial charge in [-0.3, -0.25) is 4.79 Å². The summed E-state index contributed by atoms with van der Waals surface area (Å²) in [5.41, 5.74) is 0.376. The van der Waals surface area contributed by atoms with Crippen molar-refractivity contribution in [1.82, 2.24) is 0 Å². The molecule has 2 unspecified atom stereocenters. The molecule has 0 saturated carbocycles. The molecule has 0 aliphatic carbocycles. The van der Waals surface area contributed by atoms with Crippen molar-refractivity contribution in [2.75, 3.05) is 26.9 Å². The molecular weight excluding hydrogens is 320 g/mol. The predicted octanol–water partition coefficient (Wildman–Crippen LogP) is 0.536. The minimum Gasteiger partial charge on any atom is -0.493 e. The zero-order valence-electron chi connectivity index (χ0n) is 13.6. The van der Waals surface area contributed by atoms with Crippen LogP contribution >= 0.6 is 0 Å². The summed E-state index contributed by atoms with van der Waals surface area (Å²) >= 11 is 0. The van der Waals surface area contributed by atoms with Crippen LogP contribution in [-0.4, -0.2) is 61.8 Å². The van der Waals surface area contributed by atoms with Gasteiger partial charge in [0, 0.05) is 5.56 Å². The Bertz CT molecular complexity index is 531. The van der Waals surface area contributed by atoms with Crippen LogP contribution < -0.4 is 9.47 Å². The molecule has 0 heterocycles. The third-order valence-corrected chi connectivity index (χ3v) is 2.85. The highest BCUT2D eigenvalue weighted by Gasteiger charge is 2.25. The Morgan fingerprint density at radius 1 is 1.33 bits per heavy atom. The molecule has 0 fully saturated rings. The fourth-order valence-corrected chi connectivity index (χ4v) is 1.64. The van der Waals surface area contributed by atoms with Crippen molar-refractivity contribution in [2.45, 2.75) is 25.7 Å².